The van der Waals surface area contributed by atoms with E-state index in [1.165, 1.54) is 75.8 Å². The van der Waals surface area contributed by atoms with Gasteiger partial charge in [-0.25, -0.2) is 0 Å². The SMILES string of the molecule is C1=C(c2ccc(N(c3ccc(-c4cccc(-c5ccccc5)c4)cc3)c3ccc(-c4ccc5sc6ccccc6c5c4)cc3)cc2)C=C(c2ccccc2)CC1. The van der Waals surface area contributed by atoms with Gasteiger partial charge in [-0.05, 0) is 129 Å². The molecule has 2 heteroatoms. The van der Waals surface area contributed by atoms with Crippen molar-refractivity contribution in [2.75, 3.05) is 4.90 Å². The second-order valence-electron chi connectivity index (χ2n) is 14.5. The van der Waals surface area contributed by atoms with E-state index in [0.717, 1.165) is 29.9 Å². The molecule has 9 aromatic rings. The molecule has 1 aliphatic rings. The Labute approximate surface area is 332 Å². The molecule has 10 rings (SSSR count). The van der Waals surface area contributed by atoms with Crippen molar-refractivity contribution in [3.05, 3.63) is 223 Å². The minimum Gasteiger partial charge on any atom is -0.311 e. The summed E-state index contributed by atoms with van der Waals surface area (Å²) < 4.78 is 2.66. The van der Waals surface area contributed by atoms with Crippen LogP contribution in [0.4, 0.5) is 17.1 Å². The van der Waals surface area contributed by atoms with Crippen molar-refractivity contribution in [1.29, 1.82) is 0 Å². The number of thiophene rings is 1. The van der Waals surface area contributed by atoms with E-state index in [4.69, 9.17) is 0 Å². The maximum absolute atomic E-state index is 2.37. The molecule has 1 heterocycles. The lowest BCUT2D eigenvalue weighted by molar-refractivity contribution is 1.06. The maximum atomic E-state index is 2.37. The number of fused-ring (bicyclic) bond motifs is 3. The van der Waals surface area contributed by atoms with E-state index in [9.17, 15) is 0 Å². The number of allylic oxidation sites excluding steroid dienone is 4. The normalized spacial score (nSPS) is 12.7. The van der Waals surface area contributed by atoms with Crippen LogP contribution in [0.3, 0.4) is 0 Å². The predicted octanol–water partition coefficient (Wildman–Crippen LogP) is 15.8. The van der Waals surface area contributed by atoms with Crippen LogP contribution < -0.4 is 4.90 Å². The lowest BCUT2D eigenvalue weighted by atomic mass is 9.90. The Morgan fingerprint density at radius 2 is 0.839 bits per heavy atom. The smallest absolute Gasteiger partial charge is 0.0462 e. The Kier molecular flexibility index (Phi) is 8.95. The molecule has 266 valence electrons. The first-order chi connectivity index (χ1) is 27.7. The molecule has 1 nitrogen and oxygen atoms in total. The van der Waals surface area contributed by atoms with Crippen LogP contribution in [0, 0.1) is 0 Å². The molecule has 8 aromatic carbocycles. The van der Waals surface area contributed by atoms with Crippen LogP contribution in [0.5, 0.6) is 0 Å². The van der Waals surface area contributed by atoms with Gasteiger partial charge in [0.15, 0.2) is 0 Å². The monoisotopic (exact) mass is 733 g/mol. The lowest BCUT2D eigenvalue weighted by Crippen LogP contribution is -2.10. The van der Waals surface area contributed by atoms with Crippen molar-refractivity contribution in [3.63, 3.8) is 0 Å². The van der Waals surface area contributed by atoms with Crippen molar-refractivity contribution in [3.8, 4) is 33.4 Å². The molecule has 0 saturated carbocycles. The summed E-state index contributed by atoms with van der Waals surface area (Å²) in [7, 11) is 0. The molecule has 0 amide bonds. The van der Waals surface area contributed by atoms with E-state index in [0.29, 0.717) is 0 Å². The van der Waals surface area contributed by atoms with Crippen molar-refractivity contribution in [2.45, 2.75) is 12.8 Å². The minimum atomic E-state index is 1.05. The molecule has 0 N–H and O–H groups in total. The van der Waals surface area contributed by atoms with E-state index in [2.05, 4.69) is 217 Å². The van der Waals surface area contributed by atoms with Gasteiger partial charge in [0.2, 0.25) is 0 Å². The summed E-state index contributed by atoms with van der Waals surface area (Å²) in [6.07, 6.45) is 6.86. The number of anilines is 3. The maximum Gasteiger partial charge on any atom is 0.0462 e. The largest absolute Gasteiger partial charge is 0.311 e. The van der Waals surface area contributed by atoms with Crippen molar-refractivity contribution < 1.29 is 0 Å². The zero-order valence-corrected chi connectivity index (χ0v) is 31.8. The molecule has 56 heavy (non-hydrogen) atoms. The van der Waals surface area contributed by atoms with Gasteiger partial charge in [-0.1, -0.05) is 152 Å². The van der Waals surface area contributed by atoms with Crippen LogP contribution in [-0.4, -0.2) is 0 Å². The van der Waals surface area contributed by atoms with E-state index in [-0.39, 0.29) is 0 Å². The number of hydrogen-bond donors (Lipinski definition) is 0. The third kappa shape index (κ3) is 6.66. The standard InChI is InChI=1S/C54H39NS/c1-3-11-38(12-4-1)43-15-9-17-45(35-43)40-21-28-48(29-22-40)55(49-30-23-41(24-31-49)46-18-10-16-44(36-46)39-13-5-2-6-14-39)50-32-25-42(26-33-50)47-27-34-54-52(37-47)51-19-7-8-20-53(51)56-54/h1-9,11-15,17-37H,10,16H2. The van der Waals surface area contributed by atoms with Gasteiger partial charge >= 0.3 is 0 Å². The highest BCUT2D eigenvalue weighted by Crippen LogP contribution is 2.40. The highest BCUT2D eigenvalue weighted by molar-refractivity contribution is 7.25. The van der Waals surface area contributed by atoms with Gasteiger partial charge < -0.3 is 4.90 Å². The van der Waals surface area contributed by atoms with Crippen molar-refractivity contribution in [1.82, 2.24) is 0 Å². The Balaban J connectivity index is 0.998. The van der Waals surface area contributed by atoms with Gasteiger partial charge in [0.25, 0.3) is 0 Å². The highest BCUT2D eigenvalue weighted by Gasteiger charge is 2.16. The molecular formula is C54H39NS. The van der Waals surface area contributed by atoms with Crippen LogP contribution in [-0.2, 0) is 0 Å². The number of hydrogen-bond acceptors (Lipinski definition) is 2. The van der Waals surface area contributed by atoms with Gasteiger partial charge in [0.05, 0.1) is 0 Å². The van der Waals surface area contributed by atoms with Crippen molar-refractivity contribution >= 4 is 59.7 Å². The molecule has 1 aliphatic carbocycles. The van der Waals surface area contributed by atoms with Gasteiger partial charge in [-0.15, -0.1) is 11.3 Å². The average molecular weight is 734 g/mol. The first-order valence-electron chi connectivity index (χ1n) is 19.4. The van der Waals surface area contributed by atoms with Gasteiger partial charge in [0, 0.05) is 37.2 Å². The van der Waals surface area contributed by atoms with Crippen LogP contribution in [0.15, 0.2) is 212 Å². The third-order valence-electron chi connectivity index (χ3n) is 11.0. The van der Waals surface area contributed by atoms with Crippen LogP contribution >= 0.6 is 11.3 Å². The zero-order valence-electron chi connectivity index (χ0n) is 31.0. The Bertz CT molecular complexity index is 2860. The summed E-state index contributed by atoms with van der Waals surface area (Å²) in [5.41, 5.74) is 15.9. The van der Waals surface area contributed by atoms with E-state index >= 15 is 0 Å². The fraction of sp³-hybridized carbons (Fsp3) is 0.0370. The second-order valence-corrected chi connectivity index (χ2v) is 15.5. The van der Waals surface area contributed by atoms with Crippen LogP contribution in [0.2, 0.25) is 0 Å². The summed E-state index contributed by atoms with van der Waals surface area (Å²) in [4.78, 5) is 2.37. The van der Waals surface area contributed by atoms with Crippen LogP contribution in [0.1, 0.15) is 24.0 Å². The molecule has 0 bridgehead atoms. The molecule has 0 unspecified atom stereocenters. The van der Waals surface area contributed by atoms with Gasteiger partial charge in [-0.2, -0.15) is 0 Å². The summed E-state index contributed by atoms with van der Waals surface area (Å²) in [6, 6.07) is 72.9. The topological polar surface area (TPSA) is 3.24 Å². The quantitative estimate of drug-likeness (QED) is 0.150. The summed E-state index contributed by atoms with van der Waals surface area (Å²) in [5.74, 6) is 0. The molecular weight excluding hydrogens is 695 g/mol. The number of rotatable bonds is 8. The van der Waals surface area contributed by atoms with E-state index < -0.39 is 0 Å². The average Bonchev–Trinajstić information content (AvgIpc) is 3.66. The Hall–Kier alpha value is -6.74. The summed E-state index contributed by atoms with van der Waals surface area (Å²) in [5, 5.41) is 2.65. The zero-order chi connectivity index (χ0) is 37.3. The van der Waals surface area contributed by atoms with Gasteiger partial charge in [0.1, 0.15) is 0 Å². The molecule has 0 aliphatic heterocycles. The van der Waals surface area contributed by atoms with Crippen LogP contribution in [0.25, 0.3) is 64.7 Å². The first kappa shape index (κ1) is 33.8. The Morgan fingerprint density at radius 1 is 0.357 bits per heavy atom. The number of nitrogens with zero attached hydrogens (tertiary/aromatic N) is 1. The lowest BCUT2D eigenvalue weighted by Gasteiger charge is -2.26. The van der Waals surface area contributed by atoms with Crippen molar-refractivity contribution in [2.24, 2.45) is 0 Å². The Morgan fingerprint density at radius 3 is 1.48 bits per heavy atom. The number of benzene rings is 8. The van der Waals surface area contributed by atoms with Gasteiger partial charge in [-0.3, -0.25) is 0 Å². The molecule has 0 spiro atoms. The predicted molar refractivity (Wildman–Crippen MR) is 242 cm³/mol. The fourth-order valence-corrected chi connectivity index (χ4v) is 9.14. The third-order valence-corrected chi connectivity index (χ3v) is 12.1. The molecule has 1 aromatic heterocycles. The van der Waals surface area contributed by atoms with E-state index in [1.54, 1.807) is 0 Å². The van der Waals surface area contributed by atoms with E-state index in [1.807, 2.05) is 11.3 Å². The molecule has 0 saturated heterocycles. The second kappa shape index (κ2) is 14.8. The molecule has 0 fully saturated rings. The first-order valence-corrected chi connectivity index (χ1v) is 20.2. The highest BCUT2D eigenvalue weighted by atomic mass is 32.1. The summed E-state index contributed by atoms with van der Waals surface area (Å²) >= 11 is 1.86. The summed E-state index contributed by atoms with van der Waals surface area (Å²) in [6.45, 7) is 0. The fourth-order valence-electron chi connectivity index (χ4n) is 8.05. The molecule has 0 atom stereocenters. The molecule has 0 radical (unpaired) electrons. The minimum absolute atomic E-state index is 1.05.